The predicted octanol–water partition coefficient (Wildman–Crippen LogP) is 3.77. The van der Waals surface area contributed by atoms with E-state index in [4.69, 9.17) is 0 Å². The van der Waals surface area contributed by atoms with Crippen LogP contribution in [0.2, 0.25) is 0 Å². The second kappa shape index (κ2) is 6.05. The highest BCUT2D eigenvalue weighted by atomic mass is 79.9. The third-order valence-electron chi connectivity index (χ3n) is 3.19. The van der Waals surface area contributed by atoms with Gasteiger partial charge in [-0.05, 0) is 18.6 Å². The van der Waals surface area contributed by atoms with Crippen molar-refractivity contribution in [3.8, 4) is 0 Å². The molecule has 2 N–H and O–H groups in total. The number of aryl methyl sites for hydroxylation is 1. The topological polar surface area (TPSA) is 53.6 Å². The van der Waals surface area contributed by atoms with Gasteiger partial charge in [0.2, 0.25) is 0 Å². The zero-order chi connectivity index (χ0) is 13.8. The van der Waals surface area contributed by atoms with Crippen molar-refractivity contribution < 1.29 is 0 Å². The number of hydrogen-bond acceptors (Lipinski definition) is 3. The summed E-state index contributed by atoms with van der Waals surface area (Å²) in [5, 5.41) is 5.72. The first-order chi connectivity index (χ1) is 9.84. The summed E-state index contributed by atoms with van der Waals surface area (Å²) in [7, 11) is 0. The maximum Gasteiger partial charge on any atom is 0.133 e. The molecule has 0 aliphatic rings. The van der Waals surface area contributed by atoms with Gasteiger partial charge in [0.1, 0.15) is 11.6 Å². The quantitative estimate of drug-likeness (QED) is 0.700. The summed E-state index contributed by atoms with van der Waals surface area (Å²) in [4.78, 5) is 11.8. The summed E-state index contributed by atoms with van der Waals surface area (Å²) in [6.07, 6.45) is 7.43. The number of hydrogen-bond donors (Lipinski definition) is 2. The molecule has 5 heteroatoms. The van der Waals surface area contributed by atoms with Crippen LogP contribution in [0.3, 0.4) is 0 Å². The number of fused-ring (bicyclic) bond motifs is 1. The smallest absolute Gasteiger partial charge is 0.133 e. The summed E-state index contributed by atoms with van der Waals surface area (Å²) >= 11 is 3.57. The zero-order valence-corrected chi connectivity index (χ0v) is 12.5. The van der Waals surface area contributed by atoms with Gasteiger partial charge >= 0.3 is 0 Å². The largest absolute Gasteiger partial charge is 0.370 e. The van der Waals surface area contributed by atoms with E-state index in [-0.39, 0.29) is 0 Å². The van der Waals surface area contributed by atoms with Crippen LogP contribution in [-0.2, 0) is 6.42 Å². The van der Waals surface area contributed by atoms with Crippen LogP contribution in [0.5, 0.6) is 0 Å². The highest BCUT2D eigenvalue weighted by molar-refractivity contribution is 9.10. The van der Waals surface area contributed by atoms with Crippen LogP contribution in [0.1, 0.15) is 12.2 Å². The first kappa shape index (κ1) is 13.1. The third-order valence-corrected chi connectivity index (χ3v) is 3.88. The Kier molecular flexibility index (Phi) is 3.97. The number of nitrogens with zero attached hydrogens (tertiary/aromatic N) is 2. The van der Waals surface area contributed by atoms with Gasteiger partial charge in [-0.2, -0.15) is 0 Å². The number of benzene rings is 1. The maximum absolute atomic E-state index is 4.43. The second-order valence-corrected chi connectivity index (χ2v) is 5.42. The minimum Gasteiger partial charge on any atom is -0.370 e. The Morgan fingerprint density at radius 2 is 2.05 bits per heavy atom. The fourth-order valence-electron chi connectivity index (χ4n) is 2.21. The van der Waals surface area contributed by atoms with Crippen molar-refractivity contribution in [3.63, 3.8) is 0 Å². The van der Waals surface area contributed by atoms with Gasteiger partial charge in [0, 0.05) is 46.8 Å². The van der Waals surface area contributed by atoms with Crippen LogP contribution in [0.25, 0.3) is 10.8 Å². The van der Waals surface area contributed by atoms with E-state index in [9.17, 15) is 0 Å². The summed E-state index contributed by atoms with van der Waals surface area (Å²) in [5.41, 5.74) is 0. The molecule has 0 aliphatic heterocycles. The molecule has 1 aromatic carbocycles. The highest BCUT2D eigenvalue weighted by Gasteiger charge is 2.04. The molecule has 0 atom stereocenters. The number of H-pyrrole nitrogens is 1. The SMILES string of the molecule is Brc1cccc2c(NCCCc3ncc[nH]3)nccc12. The van der Waals surface area contributed by atoms with Gasteiger partial charge in [0.15, 0.2) is 0 Å². The number of rotatable bonds is 5. The Labute approximate surface area is 125 Å². The minimum atomic E-state index is 0.874. The highest BCUT2D eigenvalue weighted by Crippen LogP contribution is 2.27. The van der Waals surface area contributed by atoms with E-state index in [1.165, 1.54) is 5.39 Å². The lowest BCUT2D eigenvalue weighted by molar-refractivity contribution is 0.815. The van der Waals surface area contributed by atoms with Crippen molar-refractivity contribution in [2.45, 2.75) is 12.8 Å². The Bertz CT molecular complexity index is 694. The van der Waals surface area contributed by atoms with Crippen LogP contribution < -0.4 is 5.32 Å². The van der Waals surface area contributed by atoms with Crippen molar-refractivity contribution in [1.82, 2.24) is 15.0 Å². The van der Waals surface area contributed by atoms with Crippen molar-refractivity contribution in [3.05, 3.63) is 53.2 Å². The molecule has 102 valence electrons. The monoisotopic (exact) mass is 330 g/mol. The van der Waals surface area contributed by atoms with Crippen LogP contribution in [0.15, 0.2) is 47.3 Å². The van der Waals surface area contributed by atoms with E-state index >= 15 is 0 Å². The van der Waals surface area contributed by atoms with E-state index in [1.807, 2.05) is 30.6 Å². The molecule has 2 heterocycles. The zero-order valence-electron chi connectivity index (χ0n) is 10.9. The lowest BCUT2D eigenvalue weighted by Crippen LogP contribution is -2.05. The lowest BCUT2D eigenvalue weighted by atomic mass is 10.1. The molecule has 0 bridgehead atoms. The molecule has 0 unspecified atom stereocenters. The number of aromatic amines is 1. The molecule has 0 saturated carbocycles. The molecule has 4 nitrogen and oxygen atoms in total. The van der Waals surface area contributed by atoms with E-state index in [2.05, 4.69) is 42.3 Å². The predicted molar refractivity (Wildman–Crippen MR) is 84.8 cm³/mol. The first-order valence-electron chi connectivity index (χ1n) is 6.60. The van der Waals surface area contributed by atoms with E-state index < -0.39 is 0 Å². The average molecular weight is 331 g/mol. The molecule has 0 saturated heterocycles. The average Bonchev–Trinajstić information content (AvgIpc) is 2.98. The Morgan fingerprint density at radius 1 is 1.10 bits per heavy atom. The standard InChI is InChI=1S/C15H15BrN4/c16-13-4-1-3-12-11(13)6-8-20-15(12)19-7-2-5-14-17-9-10-18-14/h1,3-4,6,8-10H,2,5,7H2,(H,17,18)(H,19,20). The van der Waals surface area contributed by atoms with Gasteiger partial charge in [0.25, 0.3) is 0 Å². The molecule has 3 aromatic rings. The Morgan fingerprint density at radius 3 is 2.90 bits per heavy atom. The van der Waals surface area contributed by atoms with Gasteiger partial charge < -0.3 is 10.3 Å². The number of imidazole rings is 1. The second-order valence-electron chi connectivity index (χ2n) is 4.56. The van der Waals surface area contributed by atoms with Crippen molar-refractivity contribution in [2.24, 2.45) is 0 Å². The summed E-state index contributed by atoms with van der Waals surface area (Å²) < 4.78 is 1.09. The van der Waals surface area contributed by atoms with Gasteiger partial charge in [-0.25, -0.2) is 9.97 Å². The van der Waals surface area contributed by atoms with E-state index in [1.54, 1.807) is 6.20 Å². The van der Waals surface area contributed by atoms with Crippen molar-refractivity contribution >= 4 is 32.5 Å². The number of anilines is 1. The minimum absolute atomic E-state index is 0.874. The molecular formula is C15H15BrN4. The number of halogens is 1. The third kappa shape index (κ3) is 2.82. The van der Waals surface area contributed by atoms with Crippen LogP contribution >= 0.6 is 15.9 Å². The van der Waals surface area contributed by atoms with Gasteiger partial charge in [-0.1, -0.05) is 28.1 Å². The summed E-state index contributed by atoms with van der Waals surface area (Å²) in [6.45, 7) is 0.874. The maximum atomic E-state index is 4.43. The van der Waals surface area contributed by atoms with Crippen molar-refractivity contribution in [2.75, 3.05) is 11.9 Å². The van der Waals surface area contributed by atoms with E-state index in [0.29, 0.717) is 0 Å². The molecule has 2 aromatic heterocycles. The number of nitrogens with one attached hydrogen (secondary N) is 2. The van der Waals surface area contributed by atoms with Gasteiger partial charge in [-0.3, -0.25) is 0 Å². The number of aromatic nitrogens is 3. The fourth-order valence-corrected chi connectivity index (χ4v) is 2.71. The molecule has 0 radical (unpaired) electrons. The number of pyridine rings is 1. The molecular weight excluding hydrogens is 316 g/mol. The fraction of sp³-hybridized carbons (Fsp3) is 0.200. The first-order valence-corrected chi connectivity index (χ1v) is 7.39. The van der Waals surface area contributed by atoms with Gasteiger partial charge in [-0.15, -0.1) is 0 Å². The summed E-state index contributed by atoms with van der Waals surface area (Å²) in [6, 6.07) is 8.18. The molecule has 3 rings (SSSR count). The Balaban J connectivity index is 1.67. The lowest BCUT2D eigenvalue weighted by Gasteiger charge is -2.09. The van der Waals surface area contributed by atoms with E-state index in [0.717, 1.165) is 40.9 Å². The van der Waals surface area contributed by atoms with Gasteiger partial charge in [0.05, 0.1) is 0 Å². The molecule has 0 fully saturated rings. The van der Waals surface area contributed by atoms with Crippen molar-refractivity contribution in [1.29, 1.82) is 0 Å². The molecule has 0 aliphatic carbocycles. The summed E-state index contributed by atoms with van der Waals surface area (Å²) in [5.74, 6) is 1.96. The van der Waals surface area contributed by atoms with Crippen LogP contribution in [0, 0.1) is 0 Å². The molecule has 0 amide bonds. The normalized spacial score (nSPS) is 10.8. The van der Waals surface area contributed by atoms with Crippen LogP contribution in [0.4, 0.5) is 5.82 Å². The Hall–Kier alpha value is -1.88. The molecule has 20 heavy (non-hydrogen) atoms. The molecule has 0 spiro atoms. The van der Waals surface area contributed by atoms with Crippen LogP contribution in [-0.4, -0.2) is 21.5 Å².